The molecule has 0 atom stereocenters. The van der Waals surface area contributed by atoms with Crippen molar-refractivity contribution < 1.29 is 4.79 Å². The van der Waals surface area contributed by atoms with E-state index in [0.29, 0.717) is 11.5 Å². The number of amides is 1. The molecule has 0 aliphatic heterocycles. The van der Waals surface area contributed by atoms with Gasteiger partial charge in [0.25, 0.3) is 5.91 Å². The summed E-state index contributed by atoms with van der Waals surface area (Å²) in [5, 5.41) is 3.00. The van der Waals surface area contributed by atoms with Crippen molar-refractivity contribution in [1.29, 1.82) is 0 Å². The van der Waals surface area contributed by atoms with Gasteiger partial charge in [0, 0.05) is 18.4 Å². The molecule has 0 unspecified atom stereocenters. The molecule has 3 nitrogen and oxygen atoms in total. The van der Waals surface area contributed by atoms with Crippen molar-refractivity contribution in [3.05, 3.63) is 29.6 Å². The van der Waals surface area contributed by atoms with Gasteiger partial charge in [-0.05, 0) is 30.4 Å². The van der Waals surface area contributed by atoms with Gasteiger partial charge in [0.15, 0.2) is 0 Å². The highest BCUT2D eigenvalue weighted by Gasteiger charge is 2.15. The van der Waals surface area contributed by atoms with Crippen molar-refractivity contribution in [1.82, 2.24) is 10.3 Å². The molecular formula is C16H24N2O. The molecule has 0 aromatic carbocycles. The largest absolute Gasteiger partial charge is 0.352 e. The highest BCUT2D eigenvalue weighted by atomic mass is 16.1. The van der Waals surface area contributed by atoms with Crippen molar-refractivity contribution in [2.45, 2.75) is 51.9 Å². The van der Waals surface area contributed by atoms with E-state index in [1.807, 2.05) is 12.1 Å². The molecule has 0 spiro atoms. The van der Waals surface area contributed by atoms with E-state index < -0.39 is 0 Å². The van der Waals surface area contributed by atoms with Crippen molar-refractivity contribution in [3.8, 4) is 0 Å². The lowest BCUT2D eigenvalue weighted by molar-refractivity contribution is 0.0951. The quantitative estimate of drug-likeness (QED) is 0.880. The van der Waals surface area contributed by atoms with Crippen LogP contribution in [0.3, 0.4) is 0 Å². The van der Waals surface area contributed by atoms with Crippen molar-refractivity contribution in [2.75, 3.05) is 6.54 Å². The Balaban J connectivity index is 1.78. The van der Waals surface area contributed by atoms with Gasteiger partial charge in [0.2, 0.25) is 0 Å². The molecule has 1 fully saturated rings. The van der Waals surface area contributed by atoms with Crippen LogP contribution in [0.1, 0.15) is 67.9 Å². The van der Waals surface area contributed by atoms with E-state index in [0.717, 1.165) is 24.6 Å². The Labute approximate surface area is 115 Å². The second-order valence-corrected chi connectivity index (χ2v) is 5.82. The number of rotatable bonds is 5. The molecule has 1 heterocycles. The Morgan fingerprint density at radius 2 is 2.11 bits per heavy atom. The fourth-order valence-electron chi connectivity index (χ4n) is 2.67. The lowest BCUT2D eigenvalue weighted by Gasteiger charge is -2.10. The third-order valence-electron chi connectivity index (χ3n) is 3.95. The summed E-state index contributed by atoms with van der Waals surface area (Å²) in [6.45, 7) is 4.99. The summed E-state index contributed by atoms with van der Waals surface area (Å²) in [5.74, 6) is 1.22. The lowest BCUT2D eigenvalue weighted by Crippen LogP contribution is -2.25. The summed E-state index contributed by atoms with van der Waals surface area (Å²) in [5.41, 5.74) is 1.69. The molecule has 2 rings (SSSR count). The maximum Gasteiger partial charge on any atom is 0.252 e. The van der Waals surface area contributed by atoms with Crippen LogP contribution in [0.5, 0.6) is 0 Å². The highest BCUT2D eigenvalue weighted by molar-refractivity contribution is 5.93. The average molecular weight is 260 g/mol. The fraction of sp³-hybridized carbons (Fsp3) is 0.625. The topological polar surface area (TPSA) is 42.0 Å². The Morgan fingerprint density at radius 3 is 2.68 bits per heavy atom. The minimum Gasteiger partial charge on any atom is -0.352 e. The Bertz CT molecular complexity index is 405. The molecule has 1 aliphatic rings. The van der Waals surface area contributed by atoms with Crippen LogP contribution in [0.4, 0.5) is 0 Å². The van der Waals surface area contributed by atoms with Gasteiger partial charge < -0.3 is 5.32 Å². The predicted molar refractivity (Wildman–Crippen MR) is 77.2 cm³/mol. The maximum atomic E-state index is 11.9. The highest BCUT2D eigenvalue weighted by Crippen LogP contribution is 2.26. The van der Waals surface area contributed by atoms with Crippen LogP contribution in [0, 0.1) is 5.92 Å². The smallest absolute Gasteiger partial charge is 0.252 e. The fourth-order valence-corrected chi connectivity index (χ4v) is 2.67. The summed E-state index contributed by atoms with van der Waals surface area (Å²) >= 11 is 0. The van der Waals surface area contributed by atoms with Crippen LogP contribution in [0.2, 0.25) is 0 Å². The van der Waals surface area contributed by atoms with E-state index in [-0.39, 0.29) is 5.91 Å². The number of carbonyl (C=O) groups excluding carboxylic acids is 1. The number of pyridine rings is 1. The zero-order valence-corrected chi connectivity index (χ0v) is 12.0. The third kappa shape index (κ3) is 4.05. The Morgan fingerprint density at radius 1 is 1.37 bits per heavy atom. The van der Waals surface area contributed by atoms with E-state index in [4.69, 9.17) is 0 Å². The van der Waals surface area contributed by atoms with Gasteiger partial charge in [0.1, 0.15) is 0 Å². The second kappa shape index (κ2) is 6.69. The van der Waals surface area contributed by atoms with Gasteiger partial charge in [-0.25, -0.2) is 0 Å². The van der Waals surface area contributed by atoms with Crippen molar-refractivity contribution in [3.63, 3.8) is 0 Å². The molecule has 1 N–H and O–H groups in total. The van der Waals surface area contributed by atoms with Crippen LogP contribution in [-0.4, -0.2) is 17.4 Å². The zero-order chi connectivity index (χ0) is 13.7. The summed E-state index contributed by atoms with van der Waals surface area (Å²) in [4.78, 5) is 16.3. The molecule has 3 heteroatoms. The molecule has 1 aliphatic carbocycles. The molecule has 1 aromatic heterocycles. The Kier molecular flexibility index (Phi) is 4.94. The molecule has 0 saturated heterocycles. The van der Waals surface area contributed by atoms with Crippen molar-refractivity contribution in [2.24, 2.45) is 5.92 Å². The first-order valence-corrected chi connectivity index (χ1v) is 7.41. The first-order chi connectivity index (χ1) is 9.16. The number of aromatic nitrogens is 1. The van der Waals surface area contributed by atoms with Gasteiger partial charge >= 0.3 is 0 Å². The minimum absolute atomic E-state index is 0.000744. The Hall–Kier alpha value is -1.38. The molecular weight excluding hydrogens is 236 g/mol. The number of hydrogen-bond acceptors (Lipinski definition) is 2. The van der Waals surface area contributed by atoms with E-state index >= 15 is 0 Å². The minimum atomic E-state index is 0.000744. The van der Waals surface area contributed by atoms with Gasteiger partial charge in [0.05, 0.1) is 5.56 Å². The van der Waals surface area contributed by atoms with E-state index in [1.165, 1.54) is 25.7 Å². The molecule has 0 radical (unpaired) electrons. The van der Waals surface area contributed by atoms with Crippen molar-refractivity contribution >= 4 is 5.91 Å². The number of nitrogens with zero attached hydrogens (tertiary/aromatic N) is 1. The number of carbonyl (C=O) groups is 1. The summed E-state index contributed by atoms with van der Waals surface area (Å²) in [6.07, 6.45) is 8.18. The average Bonchev–Trinajstić information content (AvgIpc) is 2.92. The molecule has 1 saturated carbocycles. The third-order valence-corrected chi connectivity index (χ3v) is 3.95. The SMILES string of the molecule is CC(C)c1ccc(C(=O)NCCC2CCCC2)cn1. The van der Waals surface area contributed by atoms with E-state index in [9.17, 15) is 4.79 Å². The maximum absolute atomic E-state index is 11.9. The first-order valence-electron chi connectivity index (χ1n) is 7.41. The van der Waals surface area contributed by atoms with Gasteiger partial charge in [-0.15, -0.1) is 0 Å². The lowest BCUT2D eigenvalue weighted by atomic mass is 10.0. The van der Waals surface area contributed by atoms with Crippen LogP contribution >= 0.6 is 0 Å². The molecule has 0 bridgehead atoms. The summed E-state index contributed by atoms with van der Waals surface area (Å²) < 4.78 is 0. The van der Waals surface area contributed by atoms with Crippen LogP contribution in [0.15, 0.2) is 18.3 Å². The van der Waals surface area contributed by atoms with Crippen LogP contribution < -0.4 is 5.32 Å². The number of hydrogen-bond donors (Lipinski definition) is 1. The van der Waals surface area contributed by atoms with E-state index in [2.05, 4.69) is 24.1 Å². The molecule has 1 aromatic rings. The molecule has 1 amide bonds. The zero-order valence-electron chi connectivity index (χ0n) is 12.0. The standard InChI is InChI=1S/C16H24N2O/c1-12(2)15-8-7-14(11-18-15)16(19)17-10-9-13-5-3-4-6-13/h7-8,11-13H,3-6,9-10H2,1-2H3,(H,17,19). The summed E-state index contributed by atoms with van der Waals surface area (Å²) in [6, 6.07) is 3.81. The molecule has 19 heavy (non-hydrogen) atoms. The predicted octanol–water partition coefficient (Wildman–Crippen LogP) is 3.52. The normalized spacial score (nSPS) is 15.9. The number of nitrogens with one attached hydrogen (secondary N) is 1. The van der Waals surface area contributed by atoms with Crippen LogP contribution in [-0.2, 0) is 0 Å². The second-order valence-electron chi connectivity index (χ2n) is 5.82. The molecule has 104 valence electrons. The van der Waals surface area contributed by atoms with E-state index in [1.54, 1.807) is 6.20 Å². The van der Waals surface area contributed by atoms with Gasteiger partial charge in [-0.1, -0.05) is 39.5 Å². The van der Waals surface area contributed by atoms with Crippen LogP contribution in [0.25, 0.3) is 0 Å². The monoisotopic (exact) mass is 260 g/mol. The first kappa shape index (κ1) is 14.0. The van der Waals surface area contributed by atoms with Gasteiger partial charge in [-0.3, -0.25) is 9.78 Å². The van der Waals surface area contributed by atoms with Gasteiger partial charge in [-0.2, -0.15) is 0 Å². The summed E-state index contributed by atoms with van der Waals surface area (Å²) in [7, 11) is 0.